The quantitative estimate of drug-likeness (QED) is 0.348. The van der Waals surface area contributed by atoms with E-state index >= 15 is 0 Å². The van der Waals surface area contributed by atoms with Crippen molar-refractivity contribution in [3.8, 4) is 0 Å². The lowest BCUT2D eigenvalue weighted by Gasteiger charge is -2.19. The van der Waals surface area contributed by atoms with E-state index in [1.54, 1.807) is 12.3 Å². The minimum Gasteiger partial charge on any atom is -0.443 e. The molecule has 0 unspecified atom stereocenters. The lowest BCUT2D eigenvalue weighted by Crippen LogP contribution is -2.41. The van der Waals surface area contributed by atoms with E-state index < -0.39 is 0 Å². The summed E-state index contributed by atoms with van der Waals surface area (Å²) < 4.78 is 20.0. The number of oxazole rings is 1. The van der Waals surface area contributed by atoms with Crippen LogP contribution in [0, 0.1) is 5.82 Å². The van der Waals surface area contributed by atoms with Crippen molar-refractivity contribution in [3.05, 3.63) is 53.5 Å². The third-order valence-electron chi connectivity index (χ3n) is 4.90. The van der Waals surface area contributed by atoms with Crippen LogP contribution >= 0.6 is 24.0 Å². The lowest BCUT2D eigenvalue weighted by atomic mass is 9.94. The number of hydrogen-bond donors (Lipinski definition) is 2. The van der Waals surface area contributed by atoms with Crippen LogP contribution in [0.15, 0.2) is 39.9 Å². The average molecular weight is 500 g/mol. The zero-order valence-electron chi connectivity index (χ0n) is 17.0. The fourth-order valence-corrected chi connectivity index (χ4v) is 3.05. The minimum atomic E-state index is -0.135. The van der Waals surface area contributed by atoms with Crippen LogP contribution in [-0.4, -0.2) is 24.0 Å². The van der Waals surface area contributed by atoms with Gasteiger partial charge in [-0.2, -0.15) is 0 Å². The Morgan fingerprint density at radius 2 is 1.96 bits per heavy atom. The van der Waals surface area contributed by atoms with Gasteiger partial charge < -0.3 is 15.1 Å². The molecule has 1 heterocycles. The molecule has 1 aromatic carbocycles. The van der Waals surface area contributed by atoms with Crippen LogP contribution in [0.5, 0.6) is 0 Å². The molecule has 154 valence electrons. The van der Waals surface area contributed by atoms with Crippen LogP contribution in [0.3, 0.4) is 0 Å². The predicted molar refractivity (Wildman–Crippen MR) is 121 cm³/mol. The van der Waals surface area contributed by atoms with Crippen molar-refractivity contribution in [2.75, 3.05) is 13.1 Å². The van der Waals surface area contributed by atoms with Crippen molar-refractivity contribution in [2.24, 2.45) is 4.99 Å². The molecule has 0 atom stereocenters. The first-order valence-corrected chi connectivity index (χ1v) is 9.56. The Labute approximate surface area is 183 Å². The molecule has 5 nitrogen and oxygen atoms in total. The Balaban J connectivity index is 0.00000280. The van der Waals surface area contributed by atoms with Gasteiger partial charge >= 0.3 is 0 Å². The number of guanidine groups is 1. The molecule has 0 spiro atoms. The van der Waals surface area contributed by atoms with Crippen molar-refractivity contribution in [3.63, 3.8) is 0 Å². The zero-order chi connectivity index (χ0) is 19.5. The van der Waals surface area contributed by atoms with Gasteiger partial charge in [0.25, 0.3) is 0 Å². The van der Waals surface area contributed by atoms with Gasteiger partial charge in [0.05, 0.1) is 6.20 Å². The molecule has 1 fully saturated rings. The molecule has 7 heteroatoms. The van der Waals surface area contributed by atoms with Gasteiger partial charge in [-0.3, -0.25) is 0 Å². The largest absolute Gasteiger partial charge is 0.443 e. The number of nitrogens with one attached hydrogen (secondary N) is 2. The zero-order valence-corrected chi connectivity index (χ0v) is 19.3. The lowest BCUT2D eigenvalue weighted by molar-refractivity contribution is 0.383. The maximum atomic E-state index is 14.2. The molecule has 1 aromatic heterocycles. The second-order valence-corrected chi connectivity index (χ2v) is 8.18. The monoisotopic (exact) mass is 500 g/mol. The molecule has 0 aliphatic heterocycles. The fraction of sp³-hybridized carbons (Fsp3) is 0.524. The van der Waals surface area contributed by atoms with Crippen LogP contribution in [0.1, 0.15) is 57.8 Å². The highest BCUT2D eigenvalue weighted by Gasteiger charge is 2.45. The summed E-state index contributed by atoms with van der Waals surface area (Å²) in [6.45, 7) is 10.0. The second-order valence-electron chi connectivity index (χ2n) is 8.18. The third-order valence-corrected chi connectivity index (χ3v) is 4.90. The summed E-state index contributed by atoms with van der Waals surface area (Å²) in [4.78, 5) is 8.89. The highest BCUT2D eigenvalue weighted by Crippen LogP contribution is 2.48. The van der Waals surface area contributed by atoms with E-state index in [4.69, 9.17) is 4.42 Å². The van der Waals surface area contributed by atoms with Gasteiger partial charge in [0.2, 0.25) is 5.89 Å². The van der Waals surface area contributed by atoms with Gasteiger partial charge in [0, 0.05) is 23.9 Å². The normalized spacial score (nSPS) is 15.7. The number of hydrogen-bond acceptors (Lipinski definition) is 3. The molecule has 1 aliphatic rings. The molecular weight excluding hydrogens is 470 g/mol. The molecular formula is C21H30FIN4O. The maximum Gasteiger partial charge on any atom is 0.216 e. The smallest absolute Gasteiger partial charge is 0.216 e. The number of aliphatic imine (C=N–C) groups is 1. The van der Waals surface area contributed by atoms with E-state index in [0.717, 1.165) is 30.7 Å². The summed E-state index contributed by atoms with van der Waals surface area (Å²) in [6, 6.07) is 7.04. The number of rotatable bonds is 6. The van der Waals surface area contributed by atoms with Gasteiger partial charge in [-0.1, -0.05) is 39.0 Å². The van der Waals surface area contributed by atoms with Crippen molar-refractivity contribution >= 4 is 29.9 Å². The Kier molecular flexibility index (Phi) is 7.47. The topological polar surface area (TPSA) is 62.5 Å². The van der Waals surface area contributed by atoms with Crippen LogP contribution < -0.4 is 10.6 Å². The SMILES string of the molecule is CCNC(=NCc1ncc(C(C)(C)C)o1)NCC1(c2ccccc2F)CC1.I. The highest BCUT2D eigenvalue weighted by molar-refractivity contribution is 14.0. The molecule has 0 radical (unpaired) electrons. The summed E-state index contributed by atoms with van der Waals surface area (Å²) in [5, 5.41) is 6.59. The summed E-state index contributed by atoms with van der Waals surface area (Å²) in [6.07, 6.45) is 3.73. The molecule has 0 saturated heterocycles. The van der Waals surface area contributed by atoms with Crippen molar-refractivity contribution in [1.29, 1.82) is 0 Å². The van der Waals surface area contributed by atoms with E-state index in [1.165, 1.54) is 6.07 Å². The Bertz CT molecular complexity index is 809. The highest BCUT2D eigenvalue weighted by atomic mass is 127. The van der Waals surface area contributed by atoms with Crippen LogP contribution in [0.25, 0.3) is 0 Å². The second kappa shape index (κ2) is 9.24. The van der Waals surface area contributed by atoms with Crippen molar-refractivity contribution in [2.45, 2.75) is 57.9 Å². The summed E-state index contributed by atoms with van der Waals surface area (Å²) in [5.74, 6) is 2.00. The summed E-state index contributed by atoms with van der Waals surface area (Å²) >= 11 is 0. The van der Waals surface area contributed by atoms with Gasteiger partial charge in [0.1, 0.15) is 18.1 Å². The molecule has 3 rings (SSSR count). The number of aromatic nitrogens is 1. The molecule has 2 N–H and O–H groups in total. The molecule has 1 aliphatic carbocycles. The standard InChI is InChI=1S/C21H29FN4O.HI/c1-5-23-19(25-13-18-24-12-17(27-18)20(2,3)4)26-14-21(10-11-21)15-8-6-7-9-16(15)22;/h6-9,12H,5,10-11,13-14H2,1-4H3,(H2,23,25,26);1H. The fourth-order valence-electron chi connectivity index (χ4n) is 3.05. The van der Waals surface area contributed by atoms with Crippen molar-refractivity contribution < 1.29 is 8.81 Å². The van der Waals surface area contributed by atoms with Gasteiger partial charge in [-0.15, -0.1) is 24.0 Å². The van der Waals surface area contributed by atoms with E-state index in [2.05, 4.69) is 41.4 Å². The Hall–Kier alpha value is -1.64. The molecule has 0 amide bonds. The van der Waals surface area contributed by atoms with Crippen molar-refractivity contribution in [1.82, 2.24) is 15.6 Å². The van der Waals surface area contributed by atoms with Crippen LogP contribution in [0.4, 0.5) is 4.39 Å². The Morgan fingerprint density at radius 1 is 1.25 bits per heavy atom. The first-order valence-electron chi connectivity index (χ1n) is 9.56. The first-order chi connectivity index (χ1) is 12.8. The Morgan fingerprint density at radius 3 is 2.54 bits per heavy atom. The minimum absolute atomic E-state index is 0. The van der Waals surface area contributed by atoms with Crippen LogP contribution in [-0.2, 0) is 17.4 Å². The number of benzene rings is 1. The molecule has 1 saturated carbocycles. The summed E-state index contributed by atoms with van der Waals surface area (Å²) in [5.41, 5.74) is 0.579. The number of halogens is 2. The van der Waals surface area contributed by atoms with E-state index in [9.17, 15) is 4.39 Å². The summed E-state index contributed by atoms with van der Waals surface area (Å²) in [7, 11) is 0. The van der Waals surface area contributed by atoms with Gasteiger partial charge in [0.15, 0.2) is 5.96 Å². The van der Waals surface area contributed by atoms with Gasteiger partial charge in [-0.05, 0) is 31.4 Å². The average Bonchev–Trinajstić information content (AvgIpc) is 3.24. The maximum absolute atomic E-state index is 14.2. The third kappa shape index (κ3) is 5.46. The first kappa shape index (κ1) is 22.6. The van der Waals surface area contributed by atoms with E-state index in [-0.39, 0.29) is 40.6 Å². The molecule has 2 aromatic rings. The molecule has 0 bridgehead atoms. The predicted octanol–water partition coefficient (Wildman–Crippen LogP) is 4.52. The van der Waals surface area contributed by atoms with Crippen LogP contribution in [0.2, 0.25) is 0 Å². The van der Waals surface area contributed by atoms with Gasteiger partial charge in [-0.25, -0.2) is 14.4 Å². The van der Waals surface area contributed by atoms with E-state index in [0.29, 0.717) is 24.9 Å². The van der Waals surface area contributed by atoms with E-state index in [1.807, 2.05) is 19.1 Å². The molecule has 28 heavy (non-hydrogen) atoms. The number of nitrogens with zero attached hydrogens (tertiary/aromatic N) is 2.